The Morgan fingerprint density at radius 2 is 1.86 bits per heavy atom. The van der Waals surface area contributed by atoms with Crippen LogP contribution in [0.5, 0.6) is 0 Å². The van der Waals surface area contributed by atoms with E-state index in [-0.39, 0.29) is 22.0 Å². The second-order valence-corrected chi connectivity index (χ2v) is 9.39. The second-order valence-electron chi connectivity index (χ2n) is 8.37. The van der Waals surface area contributed by atoms with Gasteiger partial charge in [0.1, 0.15) is 9.88 Å². The topological polar surface area (TPSA) is 112 Å². The van der Waals surface area contributed by atoms with Crippen molar-refractivity contribution in [1.29, 1.82) is 0 Å². The Labute approximate surface area is 218 Å². The van der Waals surface area contributed by atoms with Crippen molar-refractivity contribution in [1.82, 2.24) is 14.8 Å². The van der Waals surface area contributed by atoms with Crippen LogP contribution in [0.4, 0.5) is 5.00 Å². The maximum absolute atomic E-state index is 13.7. The lowest BCUT2D eigenvalue weighted by molar-refractivity contribution is 0.0506. The first-order valence-corrected chi connectivity index (χ1v) is 12.7. The lowest BCUT2D eigenvalue weighted by Crippen LogP contribution is -2.16. The molecule has 0 bridgehead atoms. The van der Waals surface area contributed by atoms with Crippen LogP contribution < -0.4 is 5.32 Å². The molecule has 3 heterocycles. The third-order valence-corrected chi connectivity index (χ3v) is 7.21. The number of anilines is 1. The highest BCUT2D eigenvalue weighted by Gasteiger charge is 2.28. The third-order valence-electron chi connectivity index (χ3n) is 6.03. The molecule has 3 aromatic heterocycles. The molecular formula is C27H28N4O5S. The van der Waals surface area contributed by atoms with Crippen LogP contribution in [0, 0.1) is 13.8 Å². The fourth-order valence-corrected chi connectivity index (χ4v) is 5.20. The number of esters is 2. The van der Waals surface area contributed by atoms with Crippen LogP contribution >= 0.6 is 11.3 Å². The van der Waals surface area contributed by atoms with Gasteiger partial charge in [-0.1, -0.05) is 25.1 Å². The fourth-order valence-electron chi connectivity index (χ4n) is 4.09. The van der Waals surface area contributed by atoms with E-state index in [4.69, 9.17) is 14.5 Å². The van der Waals surface area contributed by atoms with Crippen LogP contribution in [-0.2, 0) is 16.0 Å². The number of amides is 1. The van der Waals surface area contributed by atoms with Gasteiger partial charge < -0.3 is 14.8 Å². The molecule has 0 saturated carbocycles. The molecule has 0 fully saturated rings. The van der Waals surface area contributed by atoms with Crippen LogP contribution in [0.3, 0.4) is 0 Å². The Kier molecular flexibility index (Phi) is 7.68. The number of benzene rings is 1. The Bertz CT molecular complexity index is 1500. The number of carbonyl (C=O) groups excluding carboxylic acids is 3. The van der Waals surface area contributed by atoms with Gasteiger partial charge in [-0.3, -0.25) is 9.48 Å². The number of methoxy groups -OCH3 is 1. The summed E-state index contributed by atoms with van der Waals surface area (Å²) in [6.45, 7) is 8.41. The first-order chi connectivity index (χ1) is 17.8. The highest BCUT2D eigenvalue weighted by Crippen LogP contribution is 2.35. The number of aromatic nitrogens is 3. The van der Waals surface area contributed by atoms with Gasteiger partial charge in [-0.05, 0) is 44.9 Å². The Hall–Kier alpha value is -4.05. The number of fused-ring (bicyclic) bond motifs is 1. The molecule has 0 aliphatic rings. The molecule has 0 saturated heterocycles. The summed E-state index contributed by atoms with van der Waals surface area (Å²) >= 11 is 0.982. The van der Waals surface area contributed by atoms with E-state index in [1.54, 1.807) is 19.2 Å². The molecule has 1 amide bonds. The molecule has 0 spiro atoms. The van der Waals surface area contributed by atoms with Crippen LogP contribution in [0.1, 0.15) is 61.9 Å². The number of ether oxygens (including phenoxy) is 2. The minimum absolute atomic E-state index is 0.144. The average Bonchev–Trinajstić information content (AvgIpc) is 3.44. The van der Waals surface area contributed by atoms with Crippen molar-refractivity contribution in [3.05, 3.63) is 63.8 Å². The number of aryl methyl sites for hydroxylation is 1. The summed E-state index contributed by atoms with van der Waals surface area (Å²) in [5, 5.41) is 8.13. The maximum atomic E-state index is 13.7. The molecule has 0 radical (unpaired) electrons. The van der Waals surface area contributed by atoms with E-state index in [1.807, 2.05) is 49.7 Å². The minimum Gasteiger partial charge on any atom is -0.465 e. The zero-order valence-electron chi connectivity index (χ0n) is 21.4. The standard InChI is InChI=1S/C27H28N4O5S/c1-6-12-36-26(33)22-15(3)23(27(34)35-5)37-25(22)30-24(32)18-13-21(19-14-28-31(7-2)16(19)4)29-20-11-9-8-10-17(18)20/h8-11,13-14H,6-7,12H2,1-5H3,(H,30,32). The van der Waals surface area contributed by atoms with Crippen molar-refractivity contribution in [2.75, 3.05) is 19.0 Å². The van der Waals surface area contributed by atoms with Gasteiger partial charge in [0.25, 0.3) is 5.91 Å². The van der Waals surface area contributed by atoms with Crippen molar-refractivity contribution in [3.8, 4) is 11.3 Å². The molecule has 37 heavy (non-hydrogen) atoms. The average molecular weight is 521 g/mol. The first kappa shape index (κ1) is 26.0. The molecule has 1 N–H and O–H groups in total. The summed E-state index contributed by atoms with van der Waals surface area (Å²) in [4.78, 5) is 43.9. The number of nitrogens with one attached hydrogen (secondary N) is 1. The Morgan fingerprint density at radius 1 is 1.11 bits per heavy atom. The van der Waals surface area contributed by atoms with Gasteiger partial charge in [0, 0.05) is 23.2 Å². The molecule has 0 atom stereocenters. The predicted octanol–water partition coefficient (Wildman–Crippen LogP) is 5.40. The normalized spacial score (nSPS) is 10.9. The van der Waals surface area contributed by atoms with Crippen LogP contribution in [0.2, 0.25) is 0 Å². The number of hydrogen-bond donors (Lipinski definition) is 1. The van der Waals surface area contributed by atoms with E-state index >= 15 is 0 Å². The van der Waals surface area contributed by atoms with Gasteiger partial charge in [0.05, 0.1) is 42.3 Å². The smallest absolute Gasteiger partial charge is 0.348 e. The summed E-state index contributed by atoms with van der Waals surface area (Å²) in [6.07, 6.45) is 2.38. The van der Waals surface area contributed by atoms with Gasteiger partial charge in [0.2, 0.25) is 0 Å². The molecule has 9 nitrogen and oxygen atoms in total. The summed E-state index contributed by atoms with van der Waals surface area (Å²) in [7, 11) is 1.27. The van der Waals surface area contributed by atoms with E-state index in [0.717, 1.165) is 22.6 Å². The number of nitrogens with zero attached hydrogens (tertiary/aromatic N) is 3. The van der Waals surface area contributed by atoms with E-state index in [9.17, 15) is 14.4 Å². The van der Waals surface area contributed by atoms with Crippen molar-refractivity contribution >= 4 is 45.1 Å². The molecule has 1 aromatic carbocycles. The third kappa shape index (κ3) is 4.97. The number of carbonyl (C=O) groups is 3. The van der Waals surface area contributed by atoms with Gasteiger partial charge >= 0.3 is 11.9 Å². The number of hydrogen-bond acceptors (Lipinski definition) is 8. The molecule has 0 aliphatic heterocycles. The Balaban J connectivity index is 1.81. The van der Waals surface area contributed by atoms with Crippen LogP contribution in [0.25, 0.3) is 22.2 Å². The van der Waals surface area contributed by atoms with Crippen LogP contribution in [0.15, 0.2) is 36.5 Å². The molecule has 0 unspecified atom stereocenters. The van der Waals surface area contributed by atoms with E-state index in [2.05, 4.69) is 10.4 Å². The number of para-hydroxylation sites is 1. The second kappa shape index (κ2) is 10.9. The SMILES string of the molecule is CCCOC(=O)c1c(NC(=O)c2cc(-c3cnn(CC)c3C)nc3ccccc23)sc(C(=O)OC)c1C. The van der Waals surface area contributed by atoms with Gasteiger partial charge in [0.15, 0.2) is 0 Å². The summed E-state index contributed by atoms with van der Waals surface area (Å²) in [5.41, 5.74) is 3.94. The monoisotopic (exact) mass is 520 g/mol. The van der Waals surface area contributed by atoms with E-state index < -0.39 is 17.8 Å². The fraction of sp³-hybridized carbons (Fsp3) is 0.296. The lowest BCUT2D eigenvalue weighted by Gasteiger charge is -2.11. The first-order valence-electron chi connectivity index (χ1n) is 11.9. The largest absolute Gasteiger partial charge is 0.465 e. The highest BCUT2D eigenvalue weighted by atomic mass is 32.1. The van der Waals surface area contributed by atoms with Crippen molar-refractivity contribution in [3.63, 3.8) is 0 Å². The summed E-state index contributed by atoms with van der Waals surface area (Å²) < 4.78 is 12.1. The van der Waals surface area contributed by atoms with Crippen molar-refractivity contribution in [2.45, 2.75) is 40.7 Å². The molecule has 0 aliphatic carbocycles. The number of pyridine rings is 1. The van der Waals surface area contributed by atoms with Crippen molar-refractivity contribution < 1.29 is 23.9 Å². The number of thiophene rings is 1. The van der Waals surface area contributed by atoms with Gasteiger partial charge in [-0.2, -0.15) is 5.10 Å². The van der Waals surface area contributed by atoms with Gasteiger partial charge in [-0.25, -0.2) is 14.6 Å². The summed E-state index contributed by atoms with van der Waals surface area (Å²) in [5.74, 6) is -1.64. The zero-order valence-corrected chi connectivity index (χ0v) is 22.2. The Morgan fingerprint density at radius 3 is 2.54 bits per heavy atom. The maximum Gasteiger partial charge on any atom is 0.348 e. The lowest BCUT2D eigenvalue weighted by atomic mass is 10.0. The molecule has 4 aromatic rings. The minimum atomic E-state index is -0.607. The summed E-state index contributed by atoms with van der Waals surface area (Å²) in [6, 6.07) is 9.07. The van der Waals surface area contributed by atoms with Crippen molar-refractivity contribution in [2.24, 2.45) is 0 Å². The van der Waals surface area contributed by atoms with E-state index in [0.29, 0.717) is 40.7 Å². The quantitative estimate of drug-likeness (QED) is 0.309. The number of rotatable bonds is 8. The molecule has 10 heteroatoms. The van der Waals surface area contributed by atoms with Crippen LogP contribution in [-0.4, -0.2) is 46.3 Å². The molecular weight excluding hydrogens is 492 g/mol. The highest BCUT2D eigenvalue weighted by molar-refractivity contribution is 7.18. The van der Waals surface area contributed by atoms with Gasteiger partial charge in [-0.15, -0.1) is 11.3 Å². The molecule has 4 rings (SSSR count). The predicted molar refractivity (Wildman–Crippen MR) is 142 cm³/mol. The van der Waals surface area contributed by atoms with E-state index in [1.165, 1.54) is 7.11 Å². The molecule has 192 valence electrons. The zero-order chi connectivity index (χ0) is 26.7.